The SMILES string of the molecule is CCS(=O)(=O)CCCC(=O)C1CC1(C)C. The van der Waals surface area contributed by atoms with Crippen molar-refractivity contribution in [1.29, 1.82) is 0 Å². The molecule has 3 nitrogen and oxygen atoms in total. The van der Waals surface area contributed by atoms with Crippen molar-refractivity contribution in [2.45, 2.75) is 40.0 Å². The van der Waals surface area contributed by atoms with Gasteiger partial charge in [-0.05, 0) is 18.3 Å². The van der Waals surface area contributed by atoms with Crippen LogP contribution in [0, 0.1) is 11.3 Å². The summed E-state index contributed by atoms with van der Waals surface area (Å²) in [7, 11) is -2.90. The van der Waals surface area contributed by atoms with Crippen LogP contribution in [0.4, 0.5) is 0 Å². The number of carbonyl (C=O) groups excluding carboxylic acids is 1. The van der Waals surface area contributed by atoms with Gasteiger partial charge in [-0.3, -0.25) is 4.79 Å². The van der Waals surface area contributed by atoms with E-state index in [9.17, 15) is 13.2 Å². The third-order valence-electron chi connectivity index (χ3n) is 3.22. The Labute approximate surface area is 92.2 Å². The Morgan fingerprint density at radius 1 is 1.40 bits per heavy atom. The standard InChI is InChI=1S/C11H20O3S/c1-4-15(13,14)7-5-6-10(12)9-8-11(9,2)3/h9H,4-8H2,1-3H3. The van der Waals surface area contributed by atoms with Gasteiger partial charge in [0.1, 0.15) is 15.6 Å². The van der Waals surface area contributed by atoms with Crippen molar-refractivity contribution in [3.05, 3.63) is 0 Å². The van der Waals surface area contributed by atoms with Gasteiger partial charge in [0, 0.05) is 18.1 Å². The predicted octanol–water partition coefficient (Wildman–Crippen LogP) is 1.82. The van der Waals surface area contributed by atoms with Crippen molar-refractivity contribution < 1.29 is 13.2 Å². The molecule has 4 heteroatoms. The molecule has 1 aliphatic carbocycles. The number of rotatable bonds is 6. The van der Waals surface area contributed by atoms with Crippen LogP contribution in [0.2, 0.25) is 0 Å². The molecule has 0 saturated heterocycles. The lowest BCUT2D eigenvalue weighted by atomic mass is 10.0. The van der Waals surface area contributed by atoms with E-state index in [1.807, 2.05) is 0 Å². The summed E-state index contributed by atoms with van der Waals surface area (Å²) in [5, 5.41) is 0. The van der Waals surface area contributed by atoms with E-state index in [1.165, 1.54) is 0 Å². The summed E-state index contributed by atoms with van der Waals surface area (Å²) >= 11 is 0. The Bertz CT molecular complexity index is 341. The van der Waals surface area contributed by atoms with E-state index in [1.54, 1.807) is 6.92 Å². The zero-order valence-electron chi connectivity index (χ0n) is 9.75. The van der Waals surface area contributed by atoms with Crippen LogP contribution in [0.25, 0.3) is 0 Å². The molecule has 15 heavy (non-hydrogen) atoms. The number of Topliss-reactive ketones (excluding diaryl/α,β-unsaturated/α-hetero) is 1. The van der Waals surface area contributed by atoms with Gasteiger partial charge in [-0.15, -0.1) is 0 Å². The Morgan fingerprint density at radius 2 is 1.93 bits per heavy atom. The second kappa shape index (κ2) is 4.24. The topological polar surface area (TPSA) is 51.2 Å². The highest BCUT2D eigenvalue weighted by Gasteiger charge is 2.49. The summed E-state index contributed by atoms with van der Waals surface area (Å²) < 4.78 is 22.4. The van der Waals surface area contributed by atoms with E-state index in [-0.39, 0.29) is 28.6 Å². The minimum absolute atomic E-state index is 0.155. The average Bonchev–Trinajstić information content (AvgIpc) is 2.75. The summed E-state index contributed by atoms with van der Waals surface area (Å²) in [6, 6.07) is 0. The molecule has 1 saturated carbocycles. The van der Waals surface area contributed by atoms with Crippen LogP contribution in [0.1, 0.15) is 40.0 Å². The van der Waals surface area contributed by atoms with E-state index < -0.39 is 9.84 Å². The lowest BCUT2D eigenvalue weighted by molar-refractivity contribution is -0.120. The molecule has 88 valence electrons. The summed E-state index contributed by atoms with van der Waals surface area (Å²) in [4.78, 5) is 11.6. The van der Waals surface area contributed by atoms with Gasteiger partial charge in [0.25, 0.3) is 0 Å². The first-order valence-corrected chi connectivity index (χ1v) is 7.34. The Hall–Kier alpha value is -0.380. The summed E-state index contributed by atoms with van der Waals surface area (Å²) in [6.45, 7) is 5.80. The number of sulfone groups is 1. The van der Waals surface area contributed by atoms with Crippen molar-refractivity contribution in [3.8, 4) is 0 Å². The second-order valence-corrected chi connectivity index (χ2v) is 7.52. The number of ketones is 1. The minimum atomic E-state index is -2.90. The van der Waals surface area contributed by atoms with Gasteiger partial charge in [-0.2, -0.15) is 0 Å². The van der Waals surface area contributed by atoms with Gasteiger partial charge in [-0.1, -0.05) is 20.8 Å². The highest BCUT2D eigenvalue weighted by Crippen LogP contribution is 2.52. The lowest BCUT2D eigenvalue weighted by Crippen LogP contribution is -2.12. The average molecular weight is 232 g/mol. The molecule has 0 aromatic rings. The molecule has 0 N–H and O–H groups in total. The van der Waals surface area contributed by atoms with Crippen molar-refractivity contribution in [2.75, 3.05) is 11.5 Å². The molecule has 1 rings (SSSR count). The molecule has 0 spiro atoms. The van der Waals surface area contributed by atoms with Crippen LogP contribution in [-0.2, 0) is 14.6 Å². The lowest BCUT2D eigenvalue weighted by Gasteiger charge is -2.03. The van der Waals surface area contributed by atoms with E-state index >= 15 is 0 Å². The smallest absolute Gasteiger partial charge is 0.150 e. The van der Waals surface area contributed by atoms with Crippen molar-refractivity contribution >= 4 is 15.6 Å². The maximum atomic E-state index is 11.6. The quantitative estimate of drug-likeness (QED) is 0.702. The highest BCUT2D eigenvalue weighted by molar-refractivity contribution is 7.91. The van der Waals surface area contributed by atoms with Gasteiger partial charge in [0.15, 0.2) is 0 Å². The molecule has 0 heterocycles. The molecule has 1 fully saturated rings. The fourth-order valence-electron chi connectivity index (χ4n) is 1.80. The Balaban J connectivity index is 2.25. The van der Waals surface area contributed by atoms with Gasteiger partial charge < -0.3 is 0 Å². The second-order valence-electron chi connectivity index (χ2n) is 5.05. The van der Waals surface area contributed by atoms with E-state index in [0.29, 0.717) is 12.8 Å². The monoisotopic (exact) mass is 232 g/mol. The van der Waals surface area contributed by atoms with Crippen LogP contribution in [0.15, 0.2) is 0 Å². The fraction of sp³-hybridized carbons (Fsp3) is 0.909. The maximum Gasteiger partial charge on any atom is 0.150 e. The highest BCUT2D eigenvalue weighted by atomic mass is 32.2. The first-order valence-electron chi connectivity index (χ1n) is 5.51. The summed E-state index contributed by atoms with van der Waals surface area (Å²) in [6.07, 6.45) is 1.88. The zero-order chi connectivity index (χ0) is 11.7. The molecule has 0 aromatic carbocycles. The number of carbonyl (C=O) groups is 1. The molecule has 1 unspecified atom stereocenters. The van der Waals surface area contributed by atoms with E-state index in [0.717, 1.165) is 6.42 Å². The number of hydrogen-bond acceptors (Lipinski definition) is 3. The third-order valence-corrected chi connectivity index (χ3v) is 5.01. The van der Waals surface area contributed by atoms with Crippen LogP contribution in [0.3, 0.4) is 0 Å². The van der Waals surface area contributed by atoms with E-state index in [2.05, 4.69) is 13.8 Å². The molecule has 0 aliphatic heterocycles. The zero-order valence-corrected chi connectivity index (χ0v) is 10.6. The summed E-state index contributed by atoms with van der Waals surface area (Å²) in [5.74, 6) is 0.756. The predicted molar refractivity (Wildman–Crippen MR) is 60.5 cm³/mol. The first kappa shape index (κ1) is 12.7. The fourth-order valence-corrected chi connectivity index (χ4v) is 2.67. The Kier molecular flexibility index (Phi) is 3.59. The van der Waals surface area contributed by atoms with Crippen molar-refractivity contribution in [3.63, 3.8) is 0 Å². The van der Waals surface area contributed by atoms with Gasteiger partial charge >= 0.3 is 0 Å². The molecule has 0 amide bonds. The van der Waals surface area contributed by atoms with E-state index in [4.69, 9.17) is 0 Å². The molecular formula is C11H20O3S. The van der Waals surface area contributed by atoms with Crippen LogP contribution < -0.4 is 0 Å². The first-order chi connectivity index (χ1) is 6.78. The van der Waals surface area contributed by atoms with Gasteiger partial charge in [0.2, 0.25) is 0 Å². The van der Waals surface area contributed by atoms with Gasteiger partial charge in [-0.25, -0.2) is 8.42 Å². The largest absolute Gasteiger partial charge is 0.299 e. The molecule has 0 radical (unpaired) electrons. The van der Waals surface area contributed by atoms with Crippen molar-refractivity contribution in [2.24, 2.45) is 11.3 Å². The van der Waals surface area contributed by atoms with Crippen LogP contribution >= 0.6 is 0 Å². The van der Waals surface area contributed by atoms with Gasteiger partial charge in [0.05, 0.1) is 5.75 Å². The van der Waals surface area contributed by atoms with Crippen LogP contribution in [0.5, 0.6) is 0 Å². The third kappa shape index (κ3) is 3.59. The molecular weight excluding hydrogens is 212 g/mol. The maximum absolute atomic E-state index is 11.6. The molecule has 0 bridgehead atoms. The molecule has 0 aromatic heterocycles. The number of hydrogen-bond donors (Lipinski definition) is 0. The van der Waals surface area contributed by atoms with Crippen LogP contribution in [-0.4, -0.2) is 25.7 Å². The molecule has 1 aliphatic rings. The normalized spacial score (nSPS) is 23.8. The van der Waals surface area contributed by atoms with Crippen molar-refractivity contribution in [1.82, 2.24) is 0 Å². The molecule has 1 atom stereocenters. The minimum Gasteiger partial charge on any atom is -0.299 e. The Morgan fingerprint density at radius 3 is 2.33 bits per heavy atom. The summed E-state index contributed by atoms with van der Waals surface area (Å²) in [5.41, 5.74) is 0.167.